The molecule has 2 heterocycles. The number of esters is 1. The molecule has 1 fully saturated rings. The Morgan fingerprint density at radius 1 is 1.10 bits per heavy atom. The molecule has 0 saturated heterocycles. The van der Waals surface area contributed by atoms with Gasteiger partial charge in [0.05, 0.1) is 11.1 Å². The molecular weight excluding hydrogens is 371 g/mol. The van der Waals surface area contributed by atoms with Crippen molar-refractivity contribution in [1.82, 2.24) is 9.97 Å². The minimum absolute atomic E-state index is 0.0149. The monoisotopic (exact) mass is 388 g/mol. The van der Waals surface area contributed by atoms with Gasteiger partial charge in [0.15, 0.2) is 0 Å². The van der Waals surface area contributed by atoms with Gasteiger partial charge in [-0.15, -0.1) is 0 Å². The molecule has 1 saturated carbocycles. The number of rotatable bonds is 5. The normalized spacial score (nSPS) is 13.6. The highest BCUT2D eigenvalue weighted by molar-refractivity contribution is 6.03. The highest BCUT2D eigenvalue weighted by Gasteiger charge is 2.27. The first-order valence-electron chi connectivity index (χ1n) is 9.44. The van der Waals surface area contributed by atoms with Gasteiger partial charge in [-0.3, -0.25) is 4.98 Å². The molecule has 2 aromatic heterocycles. The molecule has 0 bridgehead atoms. The number of nitrogens with zero attached hydrogens (tertiary/aromatic N) is 2. The second-order valence-corrected chi connectivity index (χ2v) is 7.11. The van der Waals surface area contributed by atoms with Crippen LogP contribution in [0.4, 0.5) is 4.39 Å². The van der Waals surface area contributed by atoms with Crippen molar-refractivity contribution in [2.24, 2.45) is 0 Å². The van der Waals surface area contributed by atoms with Gasteiger partial charge in [0.1, 0.15) is 24.4 Å². The van der Waals surface area contributed by atoms with Crippen molar-refractivity contribution in [2.75, 3.05) is 0 Å². The highest BCUT2D eigenvalue weighted by Crippen LogP contribution is 2.40. The summed E-state index contributed by atoms with van der Waals surface area (Å²) in [6.45, 7) is -0.0149. The van der Waals surface area contributed by atoms with Crippen molar-refractivity contribution in [3.63, 3.8) is 0 Å². The summed E-state index contributed by atoms with van der Waals surface area (Å²) in [7, 11) is 0. The van der Waals surface area contributed by atoms with Gasteiger partial charge in [0, 0.05) is 22.6 Å². The van der Waals surface area contributed by atoms with Crippen LogP contribution < -0.4 is 0 Å². The maximum absolute atomic E-state index is 13.1. The van der Waals surface area contributed by atoms with Gasteiger partial charge in [-0.25, -0.2) is 14.2 Å². The Bertz CT molecular complexity index is 1200. The predicted molar refractivity (Wildman–Crippen MR) is 105 cm³/mol. The molecule has 1 aliphatic carbocycles. The number of ether oxygens (including phenoxy) is 1. The zero-order valence-electron chi connectivity index (χ0n) is 15.5. The number of fused-ring (bicyclic) bond motifs is 1. The summed E-state index contributed by atoms with van der Waals surface area (Å²) in [6, 6.07) is 15.3. The van der Waals surface area contributed by atoms with E-state index < -0.39 is 5.97 Å². The molecule has 0 atom stereocenters. The number of oxazole rings is 1. The van der Waals surface area contributed by atoms with Gasteiger partial charge in [-0.2, -0.15) is 0 Å². The van der Waals surface area contributed by atoms with Crippen molar-refractivity contribution in [2.45, 2.75) is 25.4 Å². The zero-order chi connectivity index (χ0) is 19.8. The number of hydrogen-bond acceptors (Lipinski definition) is 5. The Labute approximate surface area is 166 Å². The Morgan fingerprint density at radius 3 is 2.69 bits per heavy atom. The summed E-state index contributed by atoms with van der Waals surface area (Å²) in [5, 5.41) is 0.772. The molecule has 0 N–H and O–H groups in total. The lowest BCUT2D eigenvalue weighted by Crippen LogP contribution is -2.08. The quantitative estimate of drug-likeness (QED) is 0.436. The zero-order valence-corrected chi connectivity index (χ0v) is 15.5. The third kappa shape index (κ3) is 3.61. The first-order valence-corrected chi connectivity index (χ1v) is 9.44. The number of carbonyl (C=O) groups excluding carboxylic acids is 1. The van der Waals surface area contributed by atoms with Gasteiger partial charge < -0.3 is 9.15 Å². The lowest BCUT2D eigenvalue weighted by Gasteiger charge is -2.09. The number of hydrogen-bond donors (Lipinski definition) is 0. The topological polar surface area (TPSA) is 65.2 Å². The Kier molecular flexibility index (Phi) is 4.31. The fourth-order valence-electron chi connectivity index (χ4n) is 3.27. The number of benzene rings is 2. The summed E-state index contributed by atoms with van der Waals surface area (Å²) >= 11 is 0. The third-order valence-electron chi connectivity index (χ3n) is 4.95. The number of carbonyl (C=O) groups is 1. The standard InChI is InChI=1S/C23H17FN2O3/c24-16-9-7-15(8-10-16)22-25-17(12-28-22)13-29-23(27)19-11-21(14-5-6-14)26-20-4-2-1-3-18(19)20/h1-4,7-12,14H,5-6,13H2. The fourth-order valence-corrected chi connectivity index (χ4v) is 3.27. The first kappa shape index (κ1) is 17.6. The Morgan fingerprint density at radius 2 is 1.90 bits per heavy atom. The molecule has 29 heavy (non-hydrogen) atoms. The molecule has 5 rings (SSSR count). The van der Waals surface area contributed by atoms with E-state index in [4.69, 9.17) is 9.15 Å². The summed E-state index contributed by atoms with van der Waals surface area (Å²) in [5.74, 6) is 0.0304. The molecule has 6 heteroatoms. The lowest BCUT2D eigenvalue weighted by atomic mass is 10.1. The van der Waals surface area contributed by atoms with Crippen molar-refractivity contribution < 1.29 is 18.3 Å². The average molecular weight is 388 g/mol. The van der Waals surface area contributed by atoms with Crippen molar-refractivity contribution in [3.05, 3.63) is 83.6 Å². The van der Waals surface area contributed by atoms with Crippen LogP contribution in [0.1, 0.15) is 40.5 Å². The summed E-state index contributed by atoms with van der Waals surface area (Å²) < 4.78 is 24.0. The van der Waals surface area contributed by atoms with Gasteiger partial charge >= 0.3 is 5.97 Å². The fraction of sp³-hybridized carbons (Fsp3) is 0.174. The Balaban J connectivity index is 1.35. The van der Waals surface area contributed by atoms with Crippen LogP contribution in [0.5, 0.6) is 0 Å². The summed E-state index contributed by atoms with van der Waals surface area (Å²) in [4.78, 5) is 21.8. The van der Waals surface area contributed by atoms with Crippen LogP contribution in [0, 0.1) is 5.82 Å². The molecule has 0 radical (unpaired) electrons. The summed E-state index contributed by atoms with van der Waals surface area (Å²) in [6.07, 6.45) is 3.64. The summed E-state index contributed by atoms with van der Waals surface area (Å²) in [5.41, 5.74) is 3.39. The predicted octanol–water partition coefficient (Wildman–Crippen LogP) is 5.26. The van der Waals surface area contributed by atoms with Gasteiger partial charge in [-0.05, 0) is 49.2 Å². The van der Waals surface area contributed by atoms with Crippen LogP contribution in [0.2, 0.25) is 0 Å². The van der Waals surface area contributed by atoms with E-state index in [-0.39, 0.29) is 12.4 Å². The molecule has 0 aliphatic heterocycles. The maximum Gasteiger partial charge on any atom is 0.339 e. The molecule has 5 nitrogen and oxygen atoms in total. The lowest BCUT2D eigenvalue weighted by molar-refractivity contribution is 0.0470. The van der Waals surface area contributed by atoms with Crippen molar-refractivity contribution in [1.29, 1.82) is 0 Å². The van der Waals surface area contributed by atoms with E-state index in [0.29, 0.717) is 28.6 Å². The highest BCUT2D eigenvalue weighted by atomic mass is 19.1. The van der Waals surface area contributed by atoms with Crippen LogP contribution in [0.3, 0.4) is 0 Å². The van der Waals surface area contributed by atoms with E-state index in [0.717, 1.165) is 29.4 Å². The van der Waals surface area contributed by atoms with Crippen LogP contribution in [0.15, 0.2) is 65.3 Å². The first-order chi connectivity index (χ1) is 14.2. The van der Waals surface area contributed by atoms with E-state index >= 15 is 0 Å². The van der Waals surface area contributed by atoms with E-state index in [1.807, 2.05) is 30.3 Å². The maximum atomic E-state index is 13.1. The molecule has 0 unspecified atom stereocenters. The van der Waals surface area contributed by atoms with Crippen LogP contribution in [0.25, 0.3) is 22.4 Å². The minimum atomic E-state index is -0.420. The average Bonchev–Trinajstić information content (AvgIpc) is 3.50. The number of halogens is 1. The van der Waals surface area contributed by atoms with Crippen LogP contribution in [-0.4, -0.2) is 15.9 Å². The minimum Gasteiger partial charge on any atom is -0.455 e. The molecule has 1 aliphatic rings. The second-order valence-electron chi connectivity index (χ2n) is 7.11. The van der Waals surface area contributed by atoms with E-state index in [1.54, 1.807) is 12.1 Å². The van der Waals surface area contributed by atoms with Crippen LogP contribution in [-0.2, 0) is 11.3 Å². The molecule has 0 spiro atoms. The third-order valence-corrected chi connectivity index (χ3v) is 4.95. The molecule has 4 aromatic rings. The van der Waals surface area contributed by atoms with E-state index in [1.165, 1.54) is 18.4 Å². The number of pyridine rings is 1. The smallest absolute Gasteiger partial charge is 0.339 e. The molecule has 0 amide bonds. The SMILES string of the molecule is O=C(OCc1coc(-c2ccc(F)cc2)n1)c1cc(C2CC2)nc2ccccc12. The number of para-hydroxylation sites is 1. The van der Waals surface area contributed by atoms with Crippen molar-refractivity contribution >= 4 is 16.9 Å². The number of aromatic nitrogens is 2. The molecule has 144 valence electrons. The van der Waals surface area contributed by atoms with E-state index in [9.17, 15) is 9.18 Å². The van der Waals surface area contributed by atoms with Crippen molar-refractivity contribution in [3.8, 4) is 11.5 Å². The van der Waals surface area contributed by atoms with Gasteiger partial charge in [-0.1, -0.05) is 18.2 Å². The molecular formula is C23H17FN2O3. The molecule has 2 aromatic carbocycles. The second kappa shape index (κ2) is 7.13. The van der Waals surface area contributed by atoms with Crippen LogP contribution >= 0.6 is 0 Å². The van der Waals surface area contributed by atoms with Gasteiger partial charge in [0.25, 0.3) is 0 Å². The van der Waals surface area contributed by atoms with E-state index in [2.05, 4.69) is 9.97 Å². The van der Waals surface area contributed by atoms with Gasteiger partial charge in [0.2, 0.25) is 5.89 Å². The Hall–Kier alpha value is -3.54. The largest absolute Gasteiger partial charge is 0.455 e.